The number of aliphatic imine (C=N–C) groups is 1. The smallest absolute Gasteiger partial charge is 0.213 e. The SMILES string of the molecule is CCNC(=NCCCOC1CCOC1)NCCCN(C)S(=O)(=O)CC.I. The van der Waals surface area contributed by atoms with Gasteiger partial charge in [0.15, 0.2) is 5.96 Å². The molecule has 0 aromatic heterocycles. The first kappa shape index (κ1) is 25.8. The zero-order valence-electron chi connectivity index (χ0n) is 16.2. The molecule has 2 N–H and O–H groups in total. The summed E-state index contributed by atoms with van der Waals surface area (Å²) in [6, 6.07) is 0. The number of guanidine groups is 1. The van der Waals surface area contributed by atoms with Gasteiger partial charge < -0.3 is 20.1 Å². The van der Waals surface area contributed by atoms with E-state index in [9.17, 15) is 8.42 Å². The molecule has 1 heterocycles. The highest BCUT2D eigenvalue weighted by molar-refractivity contribution is 14.0. The van der Waals surface area contributed by atoms with Crippen LogP contribution >= 0.6 is 24.0 Å². The molecule has 0 aromatic rings. The van der Waals surface area contributed by atoms with Gasteiger partial charge in [-0.1, -0.05) is 0 Å². The van der Waals surface area contributed by atoms with Gasteiger partial charge in [0.05, 0.1) is 18.5 Å². The number of ether oxygens (including phenoxy) is 2. The minimum Gasteiger partial charge on any atom is -0.379 e. The molecule has 0 spiro atoms. The topological polar surface area (TPSA) is 92.3 Å². The van der Waals surface area contributed by atoms with Crippen molar-refractivity contribution in [3.8, 4) is 0 Å². The normalized spacial score (nSPS) is 18.0. The Morgan fingerprint density at radius 3 is 2.69 bits per heavy atom. The third-order valence-electron chi connectivity index (χ3n) is 3.94. The van der Waals surface area contributed by atoms with Crippen molar-refractivity contribution in [3.05, 3.63) is 0 Å². The molecular weight excluding hydrogens is 471 g/mol. The summed E-state index contributed by atoms with van der Waals surface area (Å²) in [5.74, 6) is 0.892. The van der Waals surface area contributed by atoms with E-state index in [1.165, 1.54) is 4.31 Å². The third kappa shape index (κ3) is 10.9. The van der Waals surface area contributed by atoms with Crippen LogP contribution in [-0.2, 0) is 19.5 Å². The number of sulfonamides is 1. The van der Waals surface area contributed by atoms with Crippen molar-refractivity contribution in [3.63, 3.8) is 0 Å². The van der Waals surface area contributed by atoms with Gasteiger partial charge in [-0.2, -0.15) is 0 Å². The highest BCUT2D eigenvalue weighted by Gasteiger charge is 2.15. The van der Waals surface area contributed by atoms with Crippen molar-refractivity contribution in [2.24, 2.45) is 4.99 Å². The summed E-state index contributed by atoms with van der Waals surface area (Å²) < 4.78 is 35.7. The second-order valence-electron chi connectivity index (χ2n) is 5.97. The number of nitrogens with one attached hydrogen (secondary N) is 2. The van der Waals surface area contributed by atoms with Crippen LogP contribution < -0.4 is 10.6 Å². The summed E-state index contributed by atoms with van der Waals surface area (Å²) in [4.78, 5) is 4.51. The summed E-state index contributed by atoms with van der Waals surface area (Å²) >= 11 is 0. The fourth-order valence-corrected chi connectivity index (χ4v) is 3.21. The standard InChI is InChI=1S/C16H34N4O4S.HI/c1-4-17-16(18-9-6-11-20(3)25(21,22)5-2)19-10-7-12-24-15-8-13-23-14-15;/h15H,4-14H2,1-3H3,(H2,17,18,19);1H. The predicted octanol–water partition coefficient (Wildman–Crippen LogP) is 1.03. The molecule has 0 aliphatic carbocycles. The molecule has 0 bridgehead atoms. The van der Waals surface area contributed by atoms with Gasteiger partial charge >= 0.3 is 0 Å². The highest BCUT2D eigenvalue weighted by Crippen LogP contribution is 2.08. The molecule has 1 aliphatic heterocycles. The Labute approximate surface area is 175 Å². The van der Waals surface area contributed by atoms with E-state index >= 15 is 0 Å². The maximum atomic E-state index is 11.7. The van der Waals surface area contributed by atoms with Crippen molar-refractivity contribution < 1.29 is 17.9 Å². The third-order valence-corrected chi connectivity index (χ3v) is 5.80. The van der Waals surface area contributed by atoms with Crippen LogP contribution in [0.25, 0.3) is 0 Å². The van der Waals surface area contributed by atoms with Gasteiger partial charge in [0.1, 0.15) is 0 Å². The van der Waals surface area contributed by atoms with E-state index in [0.717, 1.165) is 38.4 Å². The monoisotopic (exact) mass is 506 g/mol. The molecule has 1 rings (SSSR count). The Hall–Kier alpha value is -0.170. The first-order valence-corrected chi connectivity index (χ1v) is 10.8. The predicted molar refractivity (Wildman–Crippen MR) is 116 cm³/mol. The minimum atomic E-state index is -3.10. The van der Waals surface area contributed by atoms with Crippen LogP contribution in [0.3, 0.4) is 0 Å². The van der Waals surface area contributed by atoms with E-state index in [0.29, 0.717) is 32.8 Å². The molecule has 1 aliphatic rings. The molecule has 1 atom stereocenters. The summed E-state index contributed by atoms with van der Waals surface area (Å²) in [5, 5.41) is 6.42. The molecule has 1 saturated heterocycles. The summed E-state index contributed by atoms with van der Waals surface area (Å²) in [6.07, 6.45) is 2.82. The highest BCUT2D eigenvalue weighted by atomic mass is 127. The van der Waals surface area contributed by atoms with Gasteiger partial charge in [0.2, 0.25) is 10.0 Å². The molecule has 156 valence electrons. The second kappa shape index (κ2) is 14.8. The first-order valence-electron chi connectivity index (χ1n) is 9.15. The fourth-order valence-electron chi connectivity index (χ4n) is 2.36. The summed E-state index contributed by atoms with van der Waals surface area (Å²) in [6.45, 7) is 8.51. The Morgan fingerprint density at radius 1 is 1.31 bits per heavy atom. The molecule has 8 nitrogen and oxygen atoms in total. The van der Waals surface area contributed by atoms with Crippen molar-refractivity contribution >= 4 is 40.0 Å². The Morgan fingerprint density at radius 2 is 2.08 bits per heavy atom. The van der Waals surface area contributed by atoms with Crippen LogP contribution in [0.1, 0.15) is 33.1 Å². The van der Waals surface area contributed by atoms with Crippen LogP contribution in [0.5, 0.6) is 0 Å². The first-order chi connectivity index (χ1) is 12.0. The van der Waals surface area contributed by atoms with Crippen molar-refractivity contribution in [1.82, 2.24) is 14.9 Å². The van der Waals surface area contributed by atoms with Crippen LogP contribution in [0.4, 0.5) is 0 Å². The van der Waals surface area contributed by atoms with E-state index in [-0.39, 0.29) is 35.8 Å². The van der Waals surface area contributed by atoms with Gasteiger partial charge in [-0.15, -0.1) is 24.0 Å². The number of rotatable bonds is 12. The Bertz CT molecular complexity index is 485. The number of nitrogens with zero attached hydrogens (tertiary/aromatic N) is 2. The zero-order chi connectivity index (χ0) is 18.5. The molecule has 0 amide bonds. The second-order valence-corrected chi connectivity index (χ2v) is 8.34. The molecule has 1 fully saturated rings. The van der Waals surface area contributed by atoms with Crippen LogP contribution in [-0.4, -0.2) is 83.6 Å². The summed E-state index contributed by atoms with van der Waals surface area (Å²) in [7, 11) is -1.48. The Kier molecular flexibility index (Phi) is 14.7. The molecule has 0 radical (unpaired) electrons. The lowest BCUT2D eigenvalue weighted by Gasteiger charge is -2.16. The van der Waals surface area contributed by atoms with Crippen molar-refractivity contribution in [2.75, 3.05) is 58.8 Å². The molecule has 10 heteroatoms. The average Bonchev–Trinajstić information content (AvgIpc) is 3.11. The summed E-state index contributed by atoms with van der Waals surface area (Å²) in [5.41, 5.74) is 0. The van der Waals surface area contributed by atoms with Gasteiger partial charge in [0, 0.05) is 46.4 Å². The minimum absolute atomic E-state index is 0. The van der Waals surface area contributed by atoms with Gasteiger partial charge in [-0.3, -0.25) is 4.99 Å². The molecule has 0 saturated carbocycles. The van der Waals surface area contributed by atoms with Crippen molar-refractivity contribution in [2.45, 2.75) is 39.2 Å². The lowest BCUT2D eigenvalue weighted by Crippen LogP contribution is -2.39. The number of hydrogen-bond donors (Lipinski definition) is 2. The van der Waals surface area contributed by atoms with Crippen LogP contribution in [0, 0.1) is 0 Å². The maximum Gasteiger partial charge on any atom is 0.213 e. The zero-order valence-corrected chi connectivity index (χ0v) is 19.3. The van der Waals surface area contributed by atoms with Gasteiger partial charge in [-0.05, 0) is 33.1 Å². The van der Waals surface area contributed by atoms with Crippen LogP contribution in [0.15, 0.2) is 4.99 Å². The van der Waals surface area contributed by atoms with Crippen LogP contribution in [0.2, 0.25) is 0 Å². The Balaban J connectivity index is 0.00000625. The average molecular weight is 506 g/mol. The number of hydrogen-bond acceptors (Lipinski definition) is 5. The van der Waals surface area contributed by atoms with Gasteiger partial charge in [0.25, 0.3) is 0 Å². The quantitative estimate of drug-likeness (QED) is 0.178. The van der Waals surface area contributed by atoms with E-state index in [2.05, 4.69) is 15.6 Å². The fraction of sp³-hybridized carbons (Fsp3) is 0.938. The van der Waals surface area contributed by atoms with E-state index < -0.39 is 10.0 Å². The van der Waals surface area contributed by atoms with E-state index in [1.54, 1.807) is 14.0 Å². The molecular formula is C16H35IN4O4S. The lowest BCUT2D eigenvalue weighted by atomic mass is 10.3. The van der Waals surface area contributed by atoms with Gasteiger partial charge in [-0.25, -0.2) is 12.7 Å². The van der Waals surface area contributed by atoms with E-state index in [1.807, 2.05) is 6.92 Å². The molecule has 0 aromatic carbocycles. The molecule has 26 heavy (non-hydrogen) atoms. The number of halogens is 1. The molecule has 1 unspecified atom stereocenters. The lowest BCUT2D eigenvalue weighted by molar-refractivity contribution is 0.0424. The maximum absolute atomic E-state index is 11.7. The van der Waals surface area contributed by atoms with Crippen molar-refractivity contribution in [1.29, 1.82) is 0 Å². The van der Waals surface area contributed by atoms with E-state index in [4.69, 9.17) is 9.47 Å². The largest absolute Gasteiger partial charge is 0.379 e.